The SMILES string of the molecule is Cc1cnn2c(N)nc(N)nc12. The molecule has 0 aliphatic heterocycles. The maximum atomic E-state index is 5.54. The number of anilines is 2. The summed E-state index contributed by atoms with van der Waals surface area (Å²) >= 11 is 0. The molecule has 0 aromatic carbocycles. The van der Waals surface area contributed by atoms with Crippen molar-refractivity contribution in [2.24, 2.45) is 0 Å². The number of hydrogen-bond donors (Lipinski definition) is 2. The van der Waals surface area contributed by atoms with Gasteiger partial charge in [-0.05, 0) is 6.92 Å². The van der Waals surface area contributed by atoms with Crippen LogP contribution >= 0.6 is 0 Å². The van der Waals surface area contributed by atoms with E-state index < -0.39 is 0 Å². The van der Waals surface area contributed by atoms with Gasteiger partial charge >= 0.3 is 0 Å². The molecule has 0 aliphatic rings. The molecule has 0 amide bonds. The van der Waals surface area contributed by atoms with E-state index in [-0.39, 0.29) is 11.9 Å². The zero-order chi connectivity index (χ0) is 8.72. The second-order valence-electron chi connectivity index (χ2n) is 2.50. The monoisotopic (exact) mass is 164 g/mol. The molecule has 12 heavy (non-hydrogen) atoms. The lowest BCUT2D eigenvalue weighted by Gasteiger charge is -1.98. The van der Waals surface area contributed by atoms with Crippen molar-refractivity contribution in [1.29, 1.82) is 0 Å². The molecule has 0 saturated carbocycles. The number of nitrogen functional groups attached to an aromatic ring is 2. The fourth-order valence-corrected chi connectivity index (χ4v) is 1.03. The van der Waals surface area contributed by atoms with E-state index >= 15 is 0 Å². The molecule has 0 atom stereocenters. The van der Waals surface area contributed by atoms with Gasteiger partial charge in [0.15, 0.2) is 5.65 Å². The van der Waals surface area contributed by atoms with Crippen LogP contribution in [-0.2, 0) is 0 Å². The number of rotatable bonds is 0. The van der Waals surface area contributed by atoms with Crippen LogP contribution in [0.3, 0.4) is 0 Å². The van der Waals surface area contributed by atoms with Crippen molar-refractivity contribution in [3.8, 4) is 0 Å². The Morgan fingerprint density at radius 1 is 1.33 bits per heavy atom. The van der Waals surface area contributed by atoms with Gasteiger partial charge in [0.2, 0.25) is 11.9 Å². The van der Waals surface area contributed by atoms with Gasteiger partial charge in [-0.2, -0.15) is 19.6 Å². The van der Waals surface area contributed by atoms with E-state index in [4.69, 9.17) is 11.5 Å². The summed E-state index contributed by atoms with van der Waals surface area (Å²) in [6.45, 7) is 1.88. The molecule has 0 bridgehead atoms. The summed E-state index contributed by atoms with van der Waals surface area (Å²) in [5.74, 6) is 0.425. The summed E-state index contributed by atoms with van der Waals surface area (Å²) in [6, 6.07) is 0. The normalized spacial score (nSPS) is 10.8. The van der Waals surface area contributed by atoms with Crippen LogP contribution < -0.4 is 11.5 Å². The van der Waals surface area contributed by atoms with E-state index in [0.29, 0.717) is 5.65 Å². The fourth-order valence-electron chi connectivity index (χ4n) is 1.03. The molecule has 6 heteroatoms. The van der Waals surface area contributed by atoms with E-state index in [1.54, 1.807) is 6.20 Å². The smallest absolute Gasteiger partial charge is 0.226 e. The average Bonchev–Trinajstić information content (AvgIpc) is 2.33. The maximum absolute atomic E-state index is 5.54. The third-order valence-corrected chi connectivity index (χ3v) is 1.59. The highest BCUT2D eigenvalue weighted by molar-refractivity contribution is 5.51. The topological polar surface area (TPSA) is 95.1 Å². The Labute approximate surface area is 68.2 Å². The summed E-state index contributed by atoms with van der Waals surface area (Å²) < 4.78 is 1.45. The number of hydrogen-bond acceptors (Lipinski definition) is 5. The Morgan fingerprint density at radius 3 is 2.83 bits per heavy atom. The number of aryl methyl sites for hydroxylation is 1. The van der Waals surface area contributed by atoms with Crippen molar-refractivity contribution in [2.45, 2.75) is 6.92 Å². The molecule has 0 fully saturated rings. The predicted octanol–water partition coefficient (Wildman–Crippen LogP) is -0.403. The predicted molar refractivity (Wildman–Crippen MR) is 44.3 cm³/mol. The van der Waals surface area contributed by atoms with Gasteiger partial charge in [-0.25, -0.2) is 0 Å². The zero-order valence-electron chi connectivity index (χ0n) is 6.52. The van der Waals surface area contributed by atoms with Gasteiger partial charge in [0, 0.05) is 5.56 Å². The molecule has 2 aromatic rings. The number of nitrogens with two attached hydrogens (primary N) is 2. The van der Waals surface area contributed by atoms with Gasteiger partial charge < -0.3 is 11.5 Å². The van der Waals surface area contributed by atoms with Crippen LogP contribution in [0.2, 0.25) is 0 Å². The average molecular weight is 164 g/mol. The number of aromatic nitrogens is 4. The Balaban J connectivity index is 2.92. The third kappa shape index (κ3) is 0.777. The Morgan fingerprint density at radius 2 is 2.08 bits per heavy atom. The largest absolute Gasteiger partial charge is 0.368 e. The van der Waals surface area contributed by atoms with Crippen LogP contribution in [0.25, 0.3) is 5.65 Å². The summed E-state index contributed by atoms with van der Waals surface area (Å²) in [6.07, 6.45) is 1.67. The molecule has 0 spiro atoms. The van der Waals surface area contributed by atoms with Gasteiger partial charge in [-0.15, -0.1) is 0 Å². The molecule has 6 nitrogen and oxygen atoms in total. The Kier molecular flexibility index (Phi) is 1.18. The third-order valence-electron chi connectivity index (χ3n) is 1.59. The minimum absolute atomic E-state index is 0.170. The van der Waals surface area contributed by atoms with Crippen molar-refractivity contribution in [3.05, 3.63) is 11.8 Å². The molecular weight excluding hydrogens is 156 g/mol. The van der Waals surface area contributed by atoms with E-state index in [2.05, 4.69) is 15.1 Å². The highest BCUT2D eigenvalue weighted by Crippen LogP contribution is 2.09. The minimum Gasteiger partial charge on any atom is -0.368 e. The summed E-state index contributed by atoms with van der Waals surface area (Å²) in [4.78, 5) is 7.74. The van der Waals surface area contributed by atoms with Crippen molar-refractivity contribution in [2.75, 3.05) is 11.5 Å². The molecule has 0 radical (unpaired) electrons. The zero-order valence-corrected chi connectivity index (χ0v) is 6.52. The van der Waals surface area contributed by atoms with Crippen molar-refractivity contribution in [1.82, 2.24) is 19.6 Å². The highest BCUT2D eigenvalue weighted by atomic mass is 15.3. The summed E-state index contributed by atoms with van der Waals surface area (Å²) in [5, 5.41) is 3.97. The minimum atomic E-state index is 0.170. The van der Waals surface area contributed by atoms with Gasteiger partial charge in [-0.3, -0.25) is 0 Å². The fraction of sp³-hybridized carbons (Fsp3) is 0.167. The van der Waals surface area contributed by atoms with Gasteiger partial charge in [-0.1, -0.05) is 0 Å². The van der Waals surface area contributed by atoms with Crippen LogP contribution in [0.1, 0.15) is 5.56 Å². The molecular formula is C6H8N6. The molecule has 4 N–H and O–H groups in total. The lowest BCUT2D eigenvalue weighted by Crippen LogP contribution is -2.06. The summed E-state index contributed by atoms with van der Waals surface area (Å²) in [5.41, 5.74) is 12.5. The quantitative estimate of drug-likeness (QED) is 0.552. The molecule has 2 aromatic heterocycles. The van der Waals surface area contributed by atoms with E-state index in [9.17, 15) is 0 Å². The maximum Gasteiger partial charge on any atom is 0.226 e. The summed E-state index contributed by atoms with van der Waals surface area (Å²) in [7, 11) is 0. The first-order valence-corrected chi connectivity index (χ1v) is 3.42. The second-order valence-corrected chi connectivity index (χ2v) is 2.50. The van der Waals surface area contributed by atoms with Crippen molar-refractivity contribution < 1.29 is 0 Å². The Hall–Kier alpha value is -1.85. The van der Waals surface area contributed by atoms with Crippen LogP contribution in [0.5, 0.6) is 0 Å². The first-order valence-electron chi connectivity index (χ1n) is 3.42. The highest BCUT2D eigenvalue weighted by Gasteiger charge is 2.05. The van der Waals surface area contributed by atoms with E-state index in [0.717, 1.165) is 5.56 Å². The first kappa shape index (κ1) is 6.84. The van der Waals surface area contributed by atoms with Crippen LogP contribution in [0.15, 0.2) is 6.20 Å². The van der Waals surface area contributed by atoms with E-state index in [1.807, 2.05) is 6.92 Å². The lowest BCUT2D eigenvalue weighted by molar-refractivity contribution is 0.915. The number of nitrogens with zero attached hydrogens (tertiary/aromatic N) is 4. The van der Waals surface area contributed by atoms with Gasteiger partial charge in [0.05, 0.1) is 6.20 Å². The van der Waals surface area contributed by atoms with Crippen molar-refractivity contribution in [3.63, 3.8) is 0 Å². The van der Waals surface area contributed by atoms with Gasteiger partial charge in [0.25, 0.3) is 0 Å². The van der Waals surface area contributed by atoms with E-state index in [1.165, 1.54) is 4.52 Å². The molecule has 0 saturated heterocycles. The van der Waals surface area contributed by atoms with Crippen molar-refractivity contribution >= 4 is 17.5 Å². The number of fused-ring (bicyclic) bond motifs is 1. The lowest BCUT2D eigenvalue weighted by atomic mass is 10.4. The molecule has 62 valence electrons. The van der Waals surface area contributed by atoms with Crippen LogP contribution in [0, 0.1) is 6.92 Å². The van der Waals surface area contributed by atoms with Gasteiger partial charge in [0.1, 0.15) is 0 Å². The Bertz CT molecular complexity index is 431. The van der Waals surface area contributed by atoms with Crippen LogP contribution in [0.4, 0.5) is 11.9 Å². The molecule has 0 aliphatic carbocycles. The first-order chi connectivity index (χ1) is 5.68. The van der Waals surface area contributed by atoms with Crippen LogP contribution in [-0.4, -0.2) is 19.6 Å². The molecule has 2 heterocycles. The second kappa shape index (κ2) is 2.07. The molecule has 2 rings (SSSR count). The molecule has 0 unspecified atom stereocenters. The standard InChI is InChI=1S/C6H8N6/c1-3-2-9-12-4(3)10-5(7)11-6(12)8/h2H,1H3,(H4,7,8,10,11).